The van der Waals surface area contributed by atoms with E-state index in [0.29, 0.717) is 13.0 Å². The number of benzene rings is 2. The average molecular weight is 381 g/mol. The molecule has 1 aliphatic rings. The number of aryl methyl sites for hydroxylation is 1. The molecule has 0 aliphatic carbocycles. The molecule has 0 unspecified atom stereocenters. The predicted molar refractivity (Wildman–Crippen MR) is 113 cm³/mol. The van der Waals surface area contributed by atoms with Gasteiger partial charge in [-0.15, -0.1) is 0 Å². The number of ether oxygens (including phenoxy) is 1. The summed E-state index contributed by atoms with van der Waals surface area (Å²) in [5.41, 5.74) is 3.71. The van der Waals surface area contributed by atoms with Crippen LogP contribution in [0.15, 0.2) is 48.5 Å². The Kier molecular flexibility index (Phi) is 7.49. The third-order valence-electron chi connectivity index (χ3n) is 5.34. The number of rotatable bonds is 9. The highest BCUT2D eigenvalue weighted by atomic mass is 16.5. The summed E-state index contributed by atoms with van der Waals surface area (Å²) >= 11 is 0. The van der Waals surface area contributed by atoms with Gasteiger partial charge in [-0.3, -0.25) is 9.69 Å². The van der Waals surface area contributed by atoms with Gasteiger partial charge >= 0.3 is 0 Å². The van der Waals surface area contributed by atoms with Crippen molar-refractivity contribution in [2.24, 2.45) is 0 Å². The molecule has 1 fully saturated rings. The molecule has 0 radical (unpaired) electrons. The van der Waals surface area contributed by atoms with Crippen molar-refractivity contribution in [2.75, 3.05) is 13.1 Å². The molecule has 1 atom stereocenters. The number of hydrogen-bond donors (Lipinski definition) is 1. The maximum Gasteiger partial charge on any atom is 0.261 e. The van der Waals surface area contributed by atoms with Crippen LogP contribution in [0.5, 0.6) is 5.75 Å². The van der Waals surface area contributed by atoms with Gasteiger partial charge in [-0.1, -0.05) is 50.2 Å². The van der Waals surface area contributed by atoms with Crippen LogP contribution in [-0.4, -0.2) is 30.0 Å². The molecule has 4 nitrogen and oxygen atoms in total. The summed E-state index contributed by atoms with van der Waals surface area (Å²) < 4.78 is 5.91. The van der Waals surface area contributed by atoms with Gasteiger partial charge in [0.15, 0.2) is 6.10 Å². The van der Waals surface area contributed by atoms with Crippen molar-refractivity contribution in [3.05, 3.63) is 65.2 Å². The van der Waals surface area contributed by atoms with Crippen molar-refractivity contribution < 1.29 is 9.53 Å². The molecule has 1 saturated heterocycles. The van der Waals surface area contributed by atoms with Crippen LogP contribution < -0.4 is 10.1 Å². The zero-order valence-electron chi connectivity index (χ0n) is 17.1. The molecule has 0 spiro atoms. The van der Waals surface area contributed by atoms with Crippen LogP contribution in [-0.2, 0) is 24.3 Å². The first-order valence-electron chi connectivity index (χ1n) is 10.5. The summed E-state index contributed by atoms with van der Waals surface area (Å²) in [7, 11) is 0. The molecule has 1 aliphatic heterocycles. The predicted octanol–water partition coefficient (Wildman–Crippen LogP) is 4.32. The minimum absolute atomic E-state index is 0.0629. The van der Waals surface area contributed by atoms with Crippen LogP contribution in [0.3, 0.4) is 0 Å². The Balaban J connectivity index is 1.52. The van der Waals surface area contributed by atoms with Gasteiger partial charge in [0.25, 0.3) is 5.91 Å². The first-order valence-corrected chi connectivity index (χ1v) is 10.5. The summed E-state index contributed by atoms with van der Waals surface area (Å²) in [4.78, 5) is 15.1. The Morgan fingerprint density at radius 1 is 1.04 bits per heavy atom. The second-order valence-electron chi connectivity index (χ2n) is 7.53. The molecule has 28 heavy (non-hydrogen) atoms. The number of nitrogens with zero attached hydrogens (tertiary/aromatic N) is 1. The molecule has 0 aromatic heterocycles. The van der Waals surface area contributed by atoms with Crippen LogP contribution in [0, 0.1) is 0 Å². The number of amides is 1. The van der Waals surface area contributed by atoms with Crippen LogP contribution in [0.25, 0.3) is 0 Å². The van der Waals surface area contributed by atoms with E-state index >= 15 is 0 Å². The van der Waals surface area contributed by atoms with E-state index in [0.717, 1.165) is 24.3 Å². The van der Waals surface area contributed by atoms with Crippen molar-refractivity contribution in [2.45, 2.75) is 58.7 Å². The molecular weight excluding hydrogens is 348 g/mol. The third-order valence-corrected chi connectivity index (χ3v) is 5.34. The van der Waals surface area contributed by atoms with Gasteiger partial charge in [-0.05, 0) is 67.6 Å². The molecular formula is C24H32N2O2. The van der Waals surface area contributed by atoms with Gasteiger partial charge in [0.1, 0.15) is 5.75 Å². The quantitative estimate of drug-likeness (QED) is 0.704. The standard InChI is InChI=1S/C24H32N2O2/c1-3-19-10-12-22(13-11-19)28-23(4-2)24(27)25-17-20-8-7-9-21(16-20)18-26-14-5-6-15-26/h7-13,16,23H,3-6,14-15,17-18H2,1-2H3,(H,25,27)/t23-/m1/s1. The average Bonchev–Trinajstić information content (AvgIpc) is 3.24. The van der Waals surface area contributed by atoms with Gasteiger partial charge in [0.05, 0.1) is 0 Å². The number of hydrogen-bond acceptors (Lipinski definition) is 3. The van der Waals surface area contributed by atoms with Crippen LogP contribution in [0.2, 0.25) is 0 Å². The van der Waals surface area contributed by atoms with Crippen molar-refractivity contribution in [3.8, 4) is 5.75 Å². The Hall–Kier alpha value is -2.33. The molecule has 0 bridgehead atoms. The fourth-order valence-electron chi connectivity index (χ4n) is 3.63. The largest absolute Gasteiger partial charge is 0.481 e. The monoisotopic (exact) mass is 380 g/mol. The summed E-state index contributed by atoms with van der Waals surface area (Å²) in [6.45, 7) is 8.00. The fraction of sp³-hybridized carbons (Fsp3) is 0.458. The van der Waals surface area contributed by atoms with E-state index in [1.807, 2.05) is 31.2 Å². The maximum absolute atomic E-state index is 12.6. The normalized spacial score (nSPS) is 15.4. The smallest absolute Gasteiger partial charge is 0.261 e. The van der Waals surface area contributed by atoms with Crippen molar-refractivity contribution in [1.29, 1.82) is 0 Å². The van der Waals surface area contributed by atoms with E-state index in [1.165, 1.54) is 37.1 Å². The van der Waals surface area contributed by atoms with E-state index in [-0.39, 0.29) is 5.91 Å². The molecule has 1 amide bonds. The molecule has 3 rings (SSSR count). The highest BCUT2D eigenvalue weighted by Gasteiger charge is 2.18. The number of likely N-dealkylation sites (tertiary alicyclic amines) is 1. The van der Waals surface area contributed by atoms with Crippen LogP contribution in [0.1, 0.15) is 49.8 Å². The molecule has 2 aromatic rings. The van der Waals surface area contributed by atoms with Crippen molar-refractivity contribution in [3.63, 3.8) is 0 Å². The lowest BCUT2D eigenvalue weighted by Crippen LogP contribution is -2.37. The van der Waals surface area contributed by atoms with Gasteiger partial charge in [0.2, 0.25) is 0 Å². The lowest BCUT2D eigenvalue weighted by molar-refractivity contribution is -0.128. The number of carbonyl (C=O) groups excluding carboxylic acids is 1. The molecule has 1 heterocycles. The van der Waals surface area contributed by atoms with Crippen LogP contribution >= 0.6 is 0 Å². The Morgan fingerprint density at radius 3 is 2.43 bits per heavy atom. The van der Waals surface area contributed by atoms with Crippen LogP contribution in [0.4, 0.5) is 0 Å². The highest BCUT2D eigenvalue weighted by Crippen LogP contribution is 2.16. The van der Waals surface area contributed by atoms with E-state index in [1.54, 1.807) is 0 Å². The fourth-order valence-corrected chi connectivity index (χ4v) is 3.63. The van der Waals surface area contributed by atoms with E-state index in [9.17, 15) is 4.79 Å². The second kappa shape index (κ2) is 10.3. The molecule has 0 saturated carbocycles. The van der Waals surface area contributed by atoms with E-state index in [2.05, 4.69) is 41.4 Å². The first kappa shape index (κ1) is 20.4. The lowest BCUT2D eigenvalue weighted by atomic mass is 10.1. The maximum atomic E-state index is 12.6. The Bertz CT molecular complexity index is 751. The second-order valence-corrected chi connectivity index (χ2v) is 7.53. The summed E-state index contributed by atoms with van der Waals surface area (Å²) in [6, 6.07) is 16.5. The van der Waals surface area contributed by atoms with E-state index < -0.39 is 6.10 Å². The number of carbonyl (C=O) groups is 1. The zero-order chi connectivity index (χ0) is 19.8. The SMILES string of the molecule is CCc1ccc(O[C@H](CC)C(=O)NCc2cccc(CN3CCCC3)c2)cc1. The Morgan fingerprint density at radius 2 is 1.75 bits per heavy atom. The lowest BCUT2D eigenvalue weighted by Gasteiger charge is -2.18. The number of nitrogens with one attached hydrogen (secondary N) is 1. The zero-order valence-corrected chi connectivity index (χ0v) is 17.1. The van der Waals surface area contributed by atoms with Gasteiger partial charge in [-0.2, -0.15) is 0 Å². The summed E-state index contributed by atoms with van der Waals surface area (Å²) in [5, 5.41) is 3.04. The Labute approximate surface area is 168 Å². The minimum atomic E-state index is -0.472. The highest BCUT2D eigenvalue weighted by molar-refractivity contribution is 5.81. The molecule has 4 heteroatoms. The topological polar surface area (TPSA) is 41.6 Å². The molecule has 2 aromatic carbocycles. The van der Waals surface area contributed by atoms with Crippen molar-refractivity contribution >= 4 is 5.91 Å². The van der Waals surface area contributed by atoms with Gasteiger partial charge < -0.3 is 10.1 Å². The summed E-state index contributed by atoms with van der Waals surface area (Å²) in [6.07, 6.45) is 3.76. The van der Waals surface area contributed by atoms with Crippen molar-refractivity contribution in [1.82, 2.24) is 10.2 Å². The minimum Gasteiger partial charge on any atom is -0.481 e. The van der Waals surface area contributed by atoms with E-state index in [4.69, 9.17) is 4.74 Å². The first-order chi connectivity index (χ1) is 13.7. The third kappa shape index (κ3) is 5.83. The van der Waals surface area contributed by atoms with Gasteiger partial charge in [-0.25, -0.2) is 0 Å². The summed E-state index contributed by atoms with van der Waals surface area (Å²) in [5.74, 6) is 0.679. The molecule has 150 valence electrons. The molecule has 1 N–H and O–H groups in total. The van der Waals surface area contributed by atoms with Gasteiger partial charge in [0, 0.05) is 13.1 Å².